The summed E-state index contributed by atoms with van der Waals surface area (Å²) in [6.07, 6.45) is 4.13. The van der Waals surface area contributed by atoms with E-state index >= 15 is 0 Å². The number of fused-ring (bicyclic) bond motifs is 1. The van der Waals surface area contributed by atoms with Gasteiger partial charge < -0.3 is 0 Å². The molecule has 0 saturated heterocycles. The number of hydrogen-bond donors (Lipinski definition) is 0. The standard InChI is InChI=1S/C17H19FN5P/c1-11-8-14(12-6-4-3-5-7-12)23-15(11)20-16(21-23)22-10-13(9-19-22)17(2,18)24/h3-7,9-11,14H,8,24H2,1-2H3. The second-order valence-corrected chi connectivity index (χ2v) is 7.61. The molecule has 0 aliphatic carbocycles. The average molecular weight is 343 g/mol. The van der Waals surface area contributed by atoms with Gasteiger partial charge in [0.15, 0.2) is 0 Å². The monoisotopic (exact) mass is 343 g/mol. The first kappa shape index (κ1) is 15.5. The summed E-state index contributed by atoms with van der Waals surface area (Å²) in [5.41, 5.74) is 1.71. The fourth-order valence-corrected chi connectivity index (χ4v) is 3.31. The maximum Gasteiger partial charge on any atom is 0.269 e. The summed E-state index contributed by atoms with van der Waals surface area (Å²) in [6, 6.07) is 10.5. The van der Waals surface area contributed by atoms with Gasteiger partial charge in [-0.1, -0.05) is 46.5 Å². The summed E-state index contributed by atoms with van der Waals surface area (Å²) in [7, 11) is 2.18. The summed E-state index contributed by atoms with van der Waals surface area (Å²) in [5.74, 6) is 1.75. The highest BCUT2D eigenvalue weighted by molar-refractivity contribution is 7.18. The summed E-state index contributed by atoms with van der Waals surface area (Å²) in [6.45, 7) is 3.64. The molecule has 3 aromatic rings. The molecule has 1 aromatic carbocycles. The van der Waals surface area contributed by atoms with Gasteiger partial charge in [0.05, 0.1) is 12.2 Å². The minimum Gasteiger partial charge on any atom is -0.240 e. The Morgan fingerprint density at radius 3 is 2.71 bits per heavy atom. The molecule has 0 N–H and O–H groups in total. The summed E-state index contributed by atoms with van der Waals surface area (Å²) >= 11 is 0. The highest BCUT2D eigenvalue weighted by Crippen LogP contribution is 2.38. The van der Waals surface area contributed by atoms with Crippen LogP contribution in [0.5, 0.6) is 0 Å². The quantitative estimate of drug-likeness (QED) is 0.683. The summed E-state index contributed by atoms with van der Waals surface area (Å²) < 4.78 is 17.5. The van der Waals surface area contributed by atoms with Gasteiger partial charge in [-0.25, -0.2) is 13.8 Å². The van der Waals surface area contributed by atoms with Crippen molar-refractivity contribution in [3.63, 3.8) is 0 Å². The van der Waals surface area contributed by atoms with Crippen LogP contribution in [0.1, 0.15) is 49.2 Å². The molecule has 3 heterocycles. The fourth-order valence-electron chi connectivity index (χ4n) is 3.16. The largest absolute Gasteiger partial charge is 0.269 e. The molecule has 0 radical (unpaired) electrons. The van der Waals surface area contributed by atoms with Crippen molar-refractivity contribution in [2.45, 2.75) is 37.6 Å². The second-order valence-electron chi connectivity index (χ2n) is 6.53. The molecular weight excluding hydrogens is 324 g/mol. The zero-order chi connectivity index (χ0) is 16.9. The number of nitrogens with zero attached hydrogens (tertiary/aromatic N) is 5. The summed E-state index contributed by atoms with van der Waals surface area (Å²) in [4.78, 5) is 4.64. The number of aromatic nitrogens is 5. The zero-order valence-electron chi connectivity index (χ0n) is 13.6. The van der Waals surface area contributed by atoms with E-state index in [1.807, 2.05) is 22.9 Å². The van der Waals surface area contributed by atoms with E-state index in [4.69, 9.17) is 0 Å². The minimum absolute atomic E-state index is 0.181. The second kappa shape index (κ2) is 5.49. The highest BCUT2D eigenvalue weighted by atomic mass is 31.0. The molecule has 0 spiro atoms. The van der Waals surface area contributed by atoms with Crippen LogP contribution < -0.4 is 0 Å². The zero-order valence-corrected chi connectivity index (χ0v) is 14.7. The van der Waals surface area contributed by atoms with Crippen LogP contribution in [-0.4, -0.2) is 24.5 Å². The Bertz CT molecular complexity index is 865. The van der Waals surface area contributed by atoms with Gasteiger partial charge in [-0.15, -0.1) is 5.10 Å². The van der Waals surface area contributed by atoms with Crippen molar-refractivity contribution < 1.29 is 4.39 Å². The van der Waals surface area contributed by atoms with Crippen LogP contribution in [0.25, 0.3) is 5.95 Å². The molecule has 4 rings (SSSR count). The average Bonchev–Trinajstić information content (AvgIpc) is 3.23. The SMILES string of the molecule is CC1CC(c2ccccc2)n2nc(-n3cc(C(C)(F)P)cn3)nc21. The van der Waals surface area contributed by atoms with Crippen molar-refractivity contribution in [2.75, 3.05) is 0 Å². The summed E-state index contributed by atoms with van der Waals surface area (Å²) in [5, 5.41) is 7.34. The Balaban J connectivity index is 1.72. The van der Waals surface area contributed by atoms with E-state index in [0.717, 1.165) is 12.2 Å². The molecule has 0 amide bonds. The fraction of sp³-hybridized carbons (Fsp3) is 0.353. The third-order valence-electron chi connectivity index (χ3n) is 4.50. The lowest BCUT2D eigenvalue weighted by Gasteiger charge is -2.12. The number of alkyl halides is 1. The van der Waals surface area contributed by atoms with Crippen molar-refractivity contribution in [3.05, 3.63) is 59.7 Å². The Labute approximate surface area is 142 Å². The molecule has 1 aliphatic heterocycles. The number of halogens is 1. The highest BCUT2D eigenvalue weighted by Gasteiger charge is 2.33. The Hall–Kier alpha value is -2.07. The maximum atomic E-state index is 14.0. The normalized spacial score (nSPS) is 22.3. The van der Waals surface area contributed by atoms with Gasteiger partial charge in [-0.2, -0.15) is 10.1 Å². The van der Waals surface area contributed by atoms with Crippen molar-refractivity contribution in [1.29, 1.82) is 0 Å². The molecule has 0 bridgehead atoms. The first-order valence-corrected chi connectivity index (χ1v) is 8.56. The maximum absolute atomic E-state index is 14.0. The van der Waals surface area contributed by atoms with Gasteiger partial charge in [0, 0.05) is 17.7 Å². The predicted octanol–water partition coefficient (Wildman–Crippen LogP) is 3.58. The molecular formula is C17H19FN5P. The van der Waals surface area contributed by atoms with E-state index in [2.05, 4.69) is 43.5 Å². The first-order chi connectivity index (χ1) is 11.4. The lowest BCUT2D eigenvalue weighted by Crippen LogP contribution is -2.08. The van der Waals surface area contributed by atoms with Gasteiger partial charge >= 0.3 is 0 Å². The lowest BCUT2D eigenvalue weighted by molar-refractivity contribution is 0.324. The van der Waals surface area contributed by atoms with Crippen molar-refractivity contribution in [2.24, 2.45) is 0 Å². The Morgan fingerprint density at radius 2 is 2.04 bits per heavy atom. The molecule has 0 saturated carbocycles. The van der Waals surface area contributed by atoms with Crippen molar-refractivity contribution in [3.8, 4) is 5.95 Å². The molecule has 24 heavy (non-hydrogen) atoms. The van der Waals surface area contributed by atoms with Crippen LogP contribution in [0, 0.1) is 0 Å². The van der Waals surface area contributed by atoms with Gasteiger partial charge in [0.25, 0.3) is 5.95 Å². The number of rotatable bonds is 3. The Morgan fingerprint density at radius 1 is 1.29 bits per heavy atom. The van der Waals surface area contributed by atoms with Gasteiger partial charge in [-0.3, -0.25) is 0 Å². The number of hydrogen-bond acceptors (Lipinski definition) is 3. The van der Waals surface area contributed by atoms with Crippen LogP contribution in [0.4, 0.5) is 4.39 Å². The minimum atomic E-state index is -1.51. The molecule has 7 heteroatoms. The molecule has 2 aromatic heterocycles. The first-order valence-electron chi connectivity index (χ1n) is 7.98. The smallest absolute Gasteiger partial charge is 0.240 e. The van der Waals surface area contributed by atoms with Crippen LogP contribution in [0.15, 0.2) is 42.7 Å². The van der Waals surface area contributed by atoms with Gasteiger partial charge in [0.1, 0.15) is 11.2 Å². The molecule has 4 unspecified atom stereocenters. The van der Waals surface area contributed by atoms with E-state index in [-0.39, 0.29) is 6.04 Å². The van der Waals surface area contributed by atoms with Crippen molar-refractivity contribution in [1.82, 2.24) is 24.5 Å². The number of benzene rings is 1. The van der Waals surface area contributed by atoms with E-state index in [1.54, 1.807) is 6.20 Å². The topological polar surface area (TPSA) is 48.5 Å². The van der Waals surface area contributed by atoms with E-state index in [9.17, 15) is 4.39 Å². The molecule has 5 nitrogen and oxygen atoms in total. The molecule has 124 valence electrons. The van der Waals surface area contributed by atoms with Crippen LogP contribution in [-0.2, 0) is 5.41 Å². The van der Waals surface area contributed by atoms with Crippen LogP contribution in [0.2, 0.25) is 0 Å². The molecule has 0 fully saturated rings. The van der Waals surface area contributed by atoms with Crippen LogP contribution in [0.3, 0.4) is 0 Å². The third-order valence-corrected chi connectivity index (χ3v) is 4.83. The van der Waals surface area contributed by atoms with E-state index < -0.39 is 5.41 Å². The van der Waals surface area contributed by atoms with E-state index in [0.29, 0.717) is 17.4 Å². The van der Waals surface area contributed by atoms with Crippen molar-refractivity contribution >= 4 is 9.24 Å². The third kappa shape index (κ3) is 2.55. The lowest BCUT2D eigenvalue weighted by atomic mass is 10.0. The Kier molecular flexibility index (Phi) is 3.53. The molecule has 1 aliphatic rings. The predicted molar refractivity (Wildman–Crippen MR) is 92.9 cm³/mol. The van der Waals surface area contributed by atoms with Gasteiger partial charge in [-0.05, 0) is 18.9 Å². The van der Waals surface area contributed by atoms with Gasteiger partial charge in [0.2, 0.25) is 0 Å². The van der Waals surface area contributed by atoms with E-state index in [1.165, 1.54) is 23.4 Å². The molecule has 4 atom stereocenters. The van der Waals surface area contributed by atoms with Crippen LogP contribution >= 0.6 is 9.24 Å².